The van der Waals surface area contributed by atoms with Crippen molar-refractivity contribution in [1.82, 2.24) is 24.5 Å². The summed E-state index contributed by atoms with van der Waals surface area (Å²) in [6, 6.07) is 0.263. The van der Waals surface area contributed by atoms with Gasteiger partial charge in [-0.05, 0) is 6.42 Å². The molecule has 3 saturated heterocycles. The van der Waals surface area contributed by atoms with Crippen LogP contribution in [0.15, 0.2) is 12.4 Å². The molecule has 1 aromatic rings. The molecule has 3 fully saturated rings. The fourth-order valence-corrected chi connectivity index (χ4v) is 3.64. The highest BCUT2D eigenvalue weighted by Gasteiger charge is 2.32. The summed E-state index contributed by atoms with van der Waals surface area (Å²) in [5.74, 6) is 0. The van der Waals surface area contributed by atoms with Gasteiger partial charge in [-0.25, -0.2) is 9.59 Å². The van der Waals surface area contributed by atoms with E-state index in [1.54, 1.807) is 23.0 Å². The van der Waals surface area contributed by atoms with Crippen LogP contribution < -0.4 is 4.90 Å². The number of anilines is 1. The Labute approximate surface area is 146 Å². The number of likely N-dealkylation sites (tertiary alicyclic amines) is 1. The van der Waals surface area contributed by atoms with Crippen molar-refractivity contribution < 1.29 is 14.3 Å². The summed E-state index contributed by atoms with van der Waals surface area (Å²) in [5.41, 5.74) is 0.826. The maximum atomic E-state index is 12.6. The number of hydrogen-bond donors (Lipinski definition) is 0. The number of hydrogen-bond acceptors (Lipinski definition) is 4. The van der Waals surface area contributed by atoms with Crippen molar-refractivity contribution in [3.05, 3.63) is 12.4 Å². The molecule has 0 radical (unpaired) electrons. The van der Waals surface area contributed by atoms with Gasteiger partial charge < -0.3 is 19.4 Å². The topological polar surface area (TPSA) is 74.2 Å². The third kappa shape index (κ3) is 3.04. The lowest BCUT2D eigenvalue weighted by Gasteiger charge is -2.30. The predicted octanol–water partition coefficient (Wildman–Crippen LogP) is 0.454. The Kier molecular flexibility index (Phi) is 4.24. The van der Waals surface area contributed by atoms with E-state index in [4.69, 9.17) is 4.74 Å². The number of carbonyl (C=O) groups excluding carboxylic acids is 2. The molecule has 1 aromatic heterocycles. The molecule has 25 heavy (non-hydrogen) atoms. The molecular weight excluding hydrogens is 324 g/mol. The first-order chi connectivity index (χ1) is 12.1. The zero-order valence-electron chi connectivity index (χ0n) is 14.5. The van der Waals surface area contributed by atoms with Crippen LogP contribution >= 0.6 is 0 Å². The number of aromatic nitrogens is 2. The summed E-state index contributed by atoms with van der Waals surface area (Å²) >= 11 is 0. The fourth-order valence-electron chi connectivity index (χ4n) is 3.64. The van der Waals surface area contributed by atoms with Crippen molar-refractivity contribution >= 4 is 17.7 Å². The Morgan fingerprint density at radius 1 is 1.16 bits per heavy atom. The fraction of sp³-hybridized carbons (Fsp3) is 0.688. The van der Waals surface area contributed by atoms with E-state index in [2.05, 4.69) is 5.10 Å². The van der Waals surface area contributed by atoms with Crippen molar-refractivity contribution in [2.45, 2.75) is 12.5 Å². The second-order valence-corrected chi connectivity index (χ2v) is 6.80. The highest BCUT2D eigenvalue weighted by molar-refractivity contribution is 5.93. The Bertz CT molecular complexity index is 656. The van der Waals surface area contributed by atoms with E-state index in [0.717, 1.165) is 25.2 Å². The quantitative estimate of drug-likeness (QED) is 0.778. The lowest BCUT2D eigenvalue weighted by molar-refractivity contribution is 0.0449. The van der Waals surface area contributed by atoms with Gasteiger partial charge in [-0.1, -0.05) is 0 Å². The normalized spacial score (nSPS) is 24.5. The van der Waals surface area contributed by atoms with Crippen LogP contribution in [0.3, 0.4) is 0 Å². The van der Waals surface area contributed by atoms with Gasteiger partial charge in [-0.3, -0.25) is 9.58 Å². The lowest BCUT2D eigenvalue weighted by Crippen LogP contribution is -2.47. The van der Waals surface area contributed by atoms with Gasteiger partial charge in [0.25, 0.3) is 0 Å². The third-order valence-electron chi connectivity index (χ3n) is 5.21. The van der Waals surface area contributed by atoms with E-state index < -0.39 is 0 Å². The van der Waals surface area contributed by atoms with Gasteiger partial charge in [0.2, 0.25) is 0 Å². The van der Waals surface area contributed by atoms with Crippen molar-refractivity contribution in [3.8, 4) is 0 Å². The summed E-state index contributed by atoms with van der Waals surface area (Å²) in [4.78, 5) is 31.9. The Morgan fingerprint density at radius 2 is 1.96 bits per heavy atom. The van der Waals surface area contributed by atoms with E-state index >= 15 is 0 Å². The molecule has 0 aliphatic carbocycles. The molecule has 3 aliphatic heterocycles. The molecule has 4 heterocycles. The maximum absolute atomic E-state index is 12.6. The van der Waals surface area contributed by atoms with Crippen LogP contribution in [-0.4, -0.2) is 96.1 Å². The largest absolute Gasteiger partial charge is 0.378 e. The van der Waals surface area contributed by atoms with Crippen LogP contribution in [0.5, 0.6) is 0 Å². The zero-order valence-corrected chi connectivity index (χ0v) is 14.5. The number of rotatable bonds is 2. The van der Waals surface area contributed by atoms with Crippen molar-refractivity contribution in [3.63, 3.8) is 0 Å². The second kappa shape index (κ2) is 6.55. The molecule has 1 unspecified atom stereocenters. The molecule has 0 saturated carbocycles. The van der Waals surface area contributed by atoms with Crippen LogP contribution in [0.4, 0.5) is 15.3 Å². The summed E-state index contributed by atoms with van der Waals surface area (Å²) in [7, 11) is 1.80. The van der Waals surface area contributed by atoms with Crippen LogP contribution in [0.1, 0.15) is 12.5 Å². The number of amides is 4. The smallest absolute Gasteiger partial charge is 0.324 e. The molecule has 3 aliphatic rings. The van der Waals surface area contributed by atoms with Crippen LogP contribution in [-0.2, 0) is 4.74 Å². The van der Waals surface area contributed by atoms with Gasteiger partial charge >= 0.3 is 12.1 Å². The minimum atomic E-state index is 0.00935. The van der Waals surface area contributed by atoms with E-state index in [1.807, 2.05) is 20.7 Å². The average Bonchev–Trinajstić information content (AvgIpc) is 3.36. The molecule has 0 spiro atoms. The number of urea groups is 2. The average molecular weight is 348 g/mol. The Hall–Kier alpha value is -2.29. The first-order valence-corrected chi connectivity index (χ1v) is 8.82. The molecule has 0 bridgehead atoms. The van der Waals surface area contributed by atoms with Crippen molar-refractivity contribution in [2.75, 3.05) is 64.4 Å². The van der Waals surface area contributed by atoms with Gasteiger partial charge in [0.1, 0.15) is 0 Å². The summed E-state index contributed by atoms with van der Waals surface area (Å²) in [6.45, 7) is 5.37. The number of likely N-dealkylation sites (N-methyl/N-ethyl adjacent to an activating group) is 1. The SMILES string of the molecule is CN1CCN(c2cnn(C3CCN(C(=O)N4CCOCC4)C3)c2)C1=O. The maximum Gasteiger partial charge on any atom is 0.324 e. The predicted molar refractivity (Wildman–Crippen MR) is 90.6 cm³/mol. The van der Waals surface area contributed by atoms with Crippen LogP contribution in [0.2, 0.25) is 0 Å². The van der Waals surface area contributed by atoms with Crippen LogP contribution in [0.25, 0.3) is 0 Å². The first-order valence-electron chi connectivity index (χ1n) is 8.82. The van der Waals surface area contributed by atoms with Crippen LogP contribution in [0, 0.1) is 0 Å². The van der Waals surface area contributed by atoms with Gasteiger partial charge in [-0.2, -0.15) is 5.10 Å². The Morgan fingerprint density at radius 3 is 2.68 bits per heavy atom. The lowest BCUT2D eigenvalue weighted by atomic mass is 10.3. The molecule has 1 atom stereocenters. The van der Waals surface area contributed by atoms with Gasteiger partial charge in [0.05, 0.1) is 31.1 Å². The first kappa shape index (κ1) is 16.2. The van der Waals surface area contributed by atoms with Crippen molar-refractivity contribution in [2.24, 2.45) is 0 Å². The molecule has 9 heteroatoms. The molecular formula is C16H24N6O3. The number of nitrogens with zero attached hydrogens (tertiary/aromatic N) is 6. The number of morpholine rings is 1. The van der Waals surface area contributed by atoms with E-state index in [-0.39, 0.29) is 18.1 Å². The molecule has 0 aromatic carbocycles. The van der Waals surface area contributed by atoms with E-state index in [0.29, 0.717) is 39.4 Å². The highest BCUT2D eigenvalue weighted by atomic mass is 16.5. The minimum Gasteiger partial charge on any atom is -0.378 e. The summed E-state index contributed by atoms with van der Waals surface area (Å²) in [5, 5.41) is 4.44. The minimum absolute atomic E-state index is 0.00935. The van der Waals surface area contributed by atoms with Gasteiger partial charge in [-0.15, -0.1) is 0 Å². The molecule has 9 nitrogen and oxygen atoms in total. The zero-order chi connectivity index (χ0) is 17.4. The highest BCUT2D eigenvalue weighted by Crippen LogP contribution is 2.26. The molecule has 4 amide bonds. The summed E-state index contributed by atoms with van der Waals surface area (Å²) < 4.78 is 7.20. The standard InChI is InChI=1S/C16H24N6O3/c1-18-4-5-21(15(18)23)14-10-17-22(12-14)13-2-3-20(11-13)16(24)19-6-8-25-9-7-19/h10,12-13H,2-9,11H2,1H3. The number of carbonyl (C=O) groups is 2. The molecule has 136 valence electrons. The second-order valence-electron chi connectivity index (χ2n) is 6.80. The van der Waals surface area contributed by atoms with E-state index in [1.165, 1.54) is 0 Å². The molecule has 0 N–H and O–H groups in total. The summed E-state index contributed by atoms with van der Waals surface area (Å²) in [6.07, 6.45) is 4.54. The van der Waals surface area contributed by atoms with Crippen molar-refractivity contribution in [1.29, 1.82) is 0 Å². The third-order valence-corrected chi connectivity index (χ3v) is 5.21. The van der Waals surface area contributed by atoms with Gasteiger partial charge in [0.15, 0.2) is 0 Å². The monoisotopic (exact) mass is 348 g/mol. The van der Waals surface area contributed by atoms with E-state index in [9.17, 15) is 9.59 Å². The van der Waals surface area contributed by atoms with Gasteiger partial charge in [0, 0.05) is 52.5 Å². The molecule has 4 rings (SSSR count). The number of ether oxygens (including phenoxy) is 1. The Balaban J connectivity index is 1.39.